The lowest BCUT2D eigenvalue weighted by Gasteiger charge is -2.19. The molecule has 0 aromatic carbocycles. The molecule has 0 spiro atoms. The van der Waals surface area contributed by atoms with Gasteiger partial charge in [0.1, 0.15) is 0 Å². The van der Waals surface area contributed by atoms with Gasteiger partial charge in [0, 0.05) is 2.74 Å². The Balaban J connectivity index is 2.67. The molecule has 48 valence electrons. The summed E-state index contributed by atoms with van der Waals surface area (Å²) in [5.41, 5.74) is -0.0347. The van der Waals surface area contributed by atoms with Gasteiger partial charge in [0.2, 0.25) is 0 Å². The summed E-state index contributed by atoms with van der Waals surface area (Å²) in [6.07, 6.45) is 3.57. The minimum atomic E-state index is -0.983. The summed E-state index contributed by atoms with van der Waals surface area (Å²) in [5, 5.41) is 0. The standard InChI is InChI=1S/C8H16/c1-3-8(2)6-4-5-7-8/h3-7H2,1-2H3/i3D2. The van der Waals surface area contributed by atoms with Crippen molar-refractivity contribution in [1.82, 2.24) is 0 Å². The summed E-state index contributed by atoms with van der Waals surface area (Å²) < 4.78 is 15.2. The molecule has 0 bridgehead atoms. The fourth-order valence-electron chi connectivity index (χ4n) is 1.41. The molecule has 0 N–H and O–H groups in total. The molecule has 1 saturated carbocycles. The van der Waals surface area contributed by atoms with Gasteiger partial charge in [0.25, 0.3) is 0 Å². The van der Waals surface area contributed by atoms with Crippen LogP contribution in [0, 0.1) is 5.41 Å². The molecule has 0 aliphatic heterocycles. The van der Waals surface area contributed by atoms with Crippen molar-refractivity contribution >= 4 is 0 Å². The van der Waals surface area contributed by atoms with Gasteiger partial charge in [-0.3, -0.25) is 0 Å². The molecule has 0 atom stereocenters. The summed E-state index contributed by atoms with van der Waals surface area (Å²) in [6, 6.07) is 0. The van der Waals surface area contributed by atoms with E-state index in [1.165, 1.54) is 12.8 Å². The van der Waals surface area contributed by atoms with Gasteiger partial charge in [-0.25, -0.2) is 0 Å². The molecule has 1 aliphatic carbocycles. The van der Waals surface area contributed by atoms with Crippen LogP contribution in [0.1, 0.15) is 48.6 Å². The summed E-state index contributed by atoms with van der Waals surface area (Å²) in [7, 11) is 0. The van der Waals surface area contributed by atoms with E-state index >= 15 is 0 Å². The van der Waals surface area contributed by atoms with Crippen LogP contribution >= 0.6 is 0 Å². The molecule has 0 amide bonds. The molecule has 8 heavy (non-hydrogen) atoms. The van der Waals surface area contributed by atoms with E-state index in [-0.39, 0.29) is 5.41 Å². The van der Waals surface area contributed by atoms with Crippen molar-refractivity contribution in [3.63, 3.8) is 0 Å². The molecular formula is C8H16. The Hall–Kier alpha value is 0. The molecule has 1 aliphatic rings. The Morgan fingerprint density at radius 3 is 2.25 bits per heavy atom. The van der Waals surface area contributed by atoms with Crippen LogP contribution in [-0.2, 0) is 0 Å². The molecule has 0 radical (unpaired) electrons. The van der Waals surface area contributed by atoms with Crippen molar-refractivity contribution in [2.24, 2.45) is 5.41 Å². The zero-order chi connectivity index (χ0) is 7.83. The van der Waals surface area contributed by atoms with Gasteiger partial charge < -0.3 is 0 Å². The zero-order valence-corrected chi connectivity index (χ0v) is 5.83. The van der Waals surface area contributed by atoms with Gasteiger partial charge in [0.15, 0.2) is 0 Å². The Morgan fingerprint density at radius 2 is 2.00 bits per heavy atom. The van der Waals surface area contributed by atoms with Crippen LogP contribution in [0.25, 0.3) is 0 Å². The molecule has 0 aromatic rings. The summed E-state index contributed by atoms with van der Waals surface area (Å²) in [6.45, 7) is 3.78. The van der Waals surface area contributed by atoms with E-state index in [1.807, 2.05) is 0 Å². The fourth-order valence-corrected chi connectivity index (χ4v) is 1.41. The highest BCUT2D eigenvalue weighted by atomic mass is 14.3. The quantitative estimate of drug-likeness (QED) is 0.491. The van der Waals surface area contributed by atoms with E-state index in [4.69, 9.17) is 2.74 Å². The second-order valence-electron chi connectivity index (χ2n) is 3.02. The first-order chi connectivity index (χ1) is 4.46. The third kappa shape index (κ3) is 1.04. The fraction of sp³-hybridized carbons (Fsp3) is 1.00. The monoisotopic (exact) mass is 114 g/mol. The van der Waals surface area contributed by atoms with Gasteiger partial charge in [0.05, 0.1) is 0 Å². The largest absolute Gasteiger partial charge is 0.0649 e. The van der Waals surface area contributed by atoms with E-state index in [1.54, 1.807) is 6.92 Å². The van der Waals surface area contributed by atoms with E-state index in [9.17, 15) is 0 Å². The highest BCUT2D eigenvalue weighted by Gasteiger charge is 2.25. The van der Waals surface area contributed by atoms with Crippen molar-refractivity contribution < 1.29 is 2.74 Å². The molecule has 0 aromatic heterocycles. The molecule has 0 heterocycles. The van der Waals surface area contributed by atoms with E-state index in [0.29, 0.717) is 0 Å². The van der Waals surface area contributed by atoms with Gasteiger partial charge in [-0.15, -0.1) is 0 Å². The molecule has 1 fully saturated rings. The first kappa shape index (κ1) is 3.92. The average molecular weight is 114 g/mol. The van der Waals surface area contributed by atoms with Gasteiger partial charge in [-0.1, -0.05) is 33.1 Å². The third-order valence-corrected chi connectivity index (χ3v) is 2.31. The summed E-state index contributed by atoms with van der Waals surface area (Å²) in [4.78, 5) is 0. The maximum atomic E-state index is 7.59. The predicted octanol–water partition coefficient (Wildman–Crippen LogP) is 2.98. The van der Waals surface area contributed by atoms with Crippen molar-refractivity contribution in [3.8, 4) is 0 Å². The highest BCUT2D eigenvalue weighted by molar-refractivity contribution is 4.78. The smallest absolute Gasteiger partial charge is 0.0269 e. The Kier molecular flexibility index (Phi) is 1.02. The van der Waals surface area contributed by atoms with Crippen LogP contribution in [0.2, 0.25) is 0 Å². The van der Waals surface area contributed by atoms with Gasteiger partial charge >= 0.3 is 0 Å². The molecule has 0 unspecified atom stereocenters. The number of hydrogen-bond acceptors (Lipinski definition) is 0. The first-order valence-electron chi connectivity index (χ1n) is 4.46. The molecule has 1 rings (SSSR count). The van der Waals surface area contributed by atoms with Crippen molar-refractivity contribution in [3.05, 3.63) is 0 Å². The van der Waals surface area contributed by atoms with Gasteiger partial charge in [-0.05, 0) is 18.3 Å². The van der Waals surface area contributed by atoms with Crippen LogP contribution in [0.15, 0.2) is 0 Å². The number of hydrogen-bond donors (Lipinski definition) is 0. The van der Waals surface area contributed by atoms with Crippen LogP contribution in [0.4, 0.5) is 0 Å². The maximum Gasteiger partial charge on any atom is 0.0269 e. The van der Waals surface area contributed by atoms with Crippen molar-refractivity contribution in [2.75, 3.05) is 0 Å². The Morgan fingerprint density at radius 1 is 1.50 bits per heavy atom. The second kappa shape index (κ2) is 2.08. The molecule has 0 nitrogen and oxygen atoms in total. The average Bonchev–Trinajstić information content (AvgIpc) is 2.13. The van der Waals surface area contributed by atoms with Gasteiger partial charge in [-0.2, -0.15) is 0 Å². The Bertz CT molecular complexity index is 118. The third-order valence-electron chi connectivity index (χ3n) is 2.31. The van der Waals surface area contributed by atoms with E-state index in [2.05, 4.69) is 6.92 Å². The zero-order valence-electron chi connectivity index (χ0n) is 7.83. The molecular weight excluding hydrogens is 96.1 g/mol. The van der Waals surface area contributed by atoms with Crippen molar-refractivity contribution in [2.45, 2.75) is 45.9 Å². The molecule has 0 saturated heterocycles. The lowest BCUT2D eigenvalue weighted by Crippen LogP contribution is -2.07. The first-order valence-corrected chi connectivity index (χ1v) is 3.46. The SMILES string of the molecule is [2H]C([2H])(C)C1(C)CCCC1. The van der Waals surface area contributed by atoms with Crippen LogP contribution in [0.5, 0.6) is 0 Å². The lowest BCUT2D eigenvalue weighted by molar-refractivity contribution is 0.323. The number of rotatable bonds is 1. The predicted molar refractivity (Wildman–Crippen MR) is 36.9 cm³/mol. The van der Waals surface area contributed by atoms with Crippen LogP contribution in [0.3, 0.4) is 0 Å². The normalized spacial score (nSPS) is 31.8. The van der Waals surface area contributed by atoms with E-state index < -0.39 is 6.37 Å². The maximum absolute atomic E-state index is 7.59. The van der Waals surface area contributed by atoms with Crippen LogP contribution < -0.4 is 0 Å². The minimum absolute atomic E-state index is 0.0347. The highest BCUT2D eigenvalue weighted by Crippen LogP contribution is 2.39. The lowest BCUT2D eigenvalue weighted by atomic mass is 9.86. The topological polar surface area (TPSA) is 0 Å². The van der Waals surface area contributed by atoms with E-state index in [0.717, 1.165) is 12.8 Å². The minimum Gasteiger partial charge on any atom is -0.0649 e. The summed E-state index contributed by atoms with van der Waals surface area (Å²) >= 11 is 0. The Labute approximate surface area is 55.1 Å². The summed E-state index contributed by atoms with van der Waals surface area (Å²) in [5.74, 6) is 0. The second-order valence-corrected chi connectivity index (χ2v) is 3.02. The van der Waals surface area contributed by atoms with Crippen LogP contribution in [-0.4, -0.2) is 0 Å². The van der Waals surface area contributed by atoms with Crippen molar-refractivity contribution in [1.29, 1.82) is 0 Å². The molecule has 0 heteroatoms.